The molecule has 0 fully saturated rings. The SMILES string of the molecule is Cc1cccc(NC(=O)COCC(=O)Nc2nnc(C(C)C)s2)c1. The summed E-state index contributed by atoms with van der Waals surface area (Å²) in [5.41, 5.74) is 1.74. The molecule has 0 aliphatic carbocycles. The zero-order chi connectivity index (χ0) is 17.5. The smallest absolute Gasteiger partial charge is 0.252 e. The predicted molar refractivity (Wildman–Crippen MR) is 93.3 cm³/mol. The fourth-order valence-electron chi connectivity index (χ4n) is 1.83. The Bertz CT molecular complexity index is 715. The summed E-state index contributed by atoms with van der Waals surface area (Å²) in [4.78, 5) is 23.5. The van der Waals surface area contributed by atoms with Crippen LogP contribution in [0.3, 0.4) is 0 Å². The van der Waals surface area contributed by atoms with Gasteiger partial charge in [0.1, 0.15) is 18.2 Å². The number of hydrogen-bond acceptors (Lipinski definition) is 6. The van der Waals surface area contributed by atoms with Crippen LogP contribution in [0.25, 0.3) is 0 Å². The highest BCUT2D eigenvalue weighted by molar-refractivity contribution is 7.15. The maximum atomic E-state index is 11.8. The summed E-state index contributed by atoms with van der Waals surface area (Å²) in [5.74, 6) is -0.425. The van der Waals surface area contributed by atoms with E-state index in [-0.39, 0.29) is 30.9 Å². The van der Waals surface area contributed by atoms with Crippen molar-refractivity contribution in [1.29, 1.82) is 0 Å². The molecule has 0 saturated heterocycles. The molecule has 8 heteroatoms. The zero-order valence-electron chi connectivity index (χ0n) is 13.8. The number of benzene rings is 1. The molecule has 1 heterocycles. The maximum absolute atomic E-state index is 11.8. The number of anilines is 2. The van der Waals surface area contributed by atoms with E-state index in [2.05, 4.69) is 20.8 Å². The van der Waals surface area contributed by atoms with Crippen LogP contribution in [0.4, 0.5) is 10.8 Å². The number of amides is 2. The van der Waals surface area contributed by atoms with Crippen LogP contribution in [-0.4, -0.2) is 35.2 Å². The molecule has 0 spiro atoms. The fraction of sp³-hybridized carbons (Fsp3) is 0.375. The number of nitrogens with zero attached hydrogens (tertiary/aromatic N) is 2. The van der Waals surface area contributed by atoms with E-state index in [1.807, 2.05) is 39.0 Å². The number of nitrogens with one attached hydrogen (secondary N) is 2. The zero-order valence-corrected chi connectivity index (χ0v) is 14.6. The first-order valence-electron chi connectivity index (χ1n) is 7.51. The molecular formula is C16H20N4O3S. The van der Waals surface area contributed by atoms with Crippen LogP contribution in [0.5, 0.6) is 0 Å². The Morgan fingerprint density at radius 1 is 1.17 bits per heavy atom. The lowest BCUT2D eigenvalue weighted by atomic mass is 10.2. The highest BCUT2D eigenvalue weighted by Crippen LogP contribution is 2.22. The Kier molecular flexibility index (Phi) is 6.39. The summed E-state index contributed by atoms with van der Waals surface area (Å²) in [7, 11) is 0. The number of ether oxygens (including phenoxy) is 1. The molecule has 128 valence electrons. The van der Waals surface area contributed by atoms with Crippen molar-refractivity contribution in [3.63, 3.8) is 0 Å². The lowest BCUT2D eigenvalue weighted by Gasteiger charge is -2.06. The van der Waals surface area contributed by atoms with Crippen molar-refractivity contribution in [2.24, 2.45) is 0 Å². The fourth-order valence-corrected chi connectivity index (χ4v) is 2.59. The second kappa shape index (κ2) is 8.51. The second-order valence-corrected chi connectivity index (χ2v) is 6.57. The first-order valence-corrected chi connectivity index (χ1v) is 8.33. The van der Waals surface area contributed by atoms with Crippen molar-refractivity contribution in [3.8, 4) is 0 Å². The van der Waals surface area contributed by atoms with Gasteiger partial charge in [-0.3, -0.25) is 14.9 Å². The van der Waals surface area contributed by atoms with Gasteiger partial charge in [0, 0.05) is 11.6 Å². The Hall–Kier alpha value is -2.32. The predicted octanol–water partition coefficient (Wildman–Crippen LogP) is 2.56. The van der Waals surface area contributed by atoms with E-state index < -0.39 is 0 Å². The van der Waals surface area contributed by atoms with Gasteiger partial charge < -0.3 is 10.1 Å². The third-order valence-corrected chi connectivity index (χ3v) is 4.09. The second-order valence-electron chi connectivity index (χ2n) is 5.56. The first kappa shape index (κ1) is 18.0. The molecule has 0 radical (unpaired) electrons. The van der Waals surface area contributed by atoms with Gasteiger partial charge >= 0.3 is 0 Å². The van der Waals surface area contributed by atoms with Gasteiger partial charge in [-0.2, -0.15) is 0 Å². The Morgan fingerprint density at radius 2 is 1.88 bits per heavy atom. The van der Waals surface area contributed by atoms with E-state index in [0.717, 1.165) is 10.6 Å². The van der Waals surface area contributed by atoms with Crippen LogP contribution in [-0.2, 0) is 14.3 Å². The van der Waals surface area contributed by atoms with Gasteiger partial charge in [0.05, 0.1) is 0 Å². The number of aryl methyl sites for hydroxylation is 1. The maximum Gasteiger partial charge on any atom is 0.252 e. The van der Waals surface area contributed by atoms with E-state index in [9.17, 15) is 9.59 Å². The summed E-state index contributed by atoms with van der Waals surface area (Å²) in [5, 5.41) is 14.4. The van der Waals surface area contributed by atoms with Crippen LogP contribution < -0.4 is 10.6 Å². The molecule has 0 unspecified atom stereocenters. The van der Waals surface area contributed by atoms with Gasteiger partial charge in [-0.1, -0.05) is 37.3 Å². The van der Waals surface area contributed by atoms with Crippen molar-refractivity contribution in [2.75, 3.05) is 23.8 Å². The Morgan fingerprint density at radius 3 is 2.50 bits per heavy atom. The van der Waals surface area contributed by atoms with E-state index in [1.165, 1.54) is 11.3 Å². The molecule has 0 aliphatic rings. The van der Waals surface area contributed by atoms with Crippen molar-refractivity contribution >= 4 is 34.0 Å². The number of aromatic nitrogens is 2. The number of hydrogen-bond donors (Lipinski definition) is 2. The Labute approximate surface area is 144 Å². The highest BCUT2D eigenvalue weighted by Gasteiger charge is 2.11. The average Bonchev–Trinajstić information content (AvgIpc) is 2.96. The Balaban J connectivity index is 1.70. The van der Waals surface area contributed by atoms with Gasteiger partial charge in [-0.25, -0.2) is 0 Å². The van der Waals surface area contributed by atoms with Crippen LogP contribution in [0.15, 0.2) is 24.3 Å². The van der Waals surface area contributed by atoms with Gasteiger partial charge in [0.2, 0.25) is 11.0 Å². The average molecular weight is 348 g/mol. The standard InChI is InChI=1S/C16H20N4O3S/c1-10(2)15-19-20-16(24-15)18-14(22)9-23-8-13(21)17-12-6-4-5-11(3)7-12/h4-7,10H,8-9H2,1-3H3,(H,17,21)(H,18,20,22). The van der Waals surface area contributed by atoms with Crippen molar-refractivity contribution < 1.29 is 14.3 Å². The van der Waals surface area contributed by atoms with Crippen molar-refractivity contribution in [3.05, 3.63) is 34.8 Å². The number of carbonyl (C=O) groups excluding carboxylic acids is 2. The third-order valence-electron chi connectivity index (χ3n) is 2.95. The highest BCUT2D eigenvalue weighted by atomic mass is 32.1. The summed E-state index contributed by atoms with van der Waals surface area (Å²) in [6.45, 7) is 5.52. The van der Waals surface area contributed by atoms with Crippen LogP contribution in [0.1, 0.15) is 30.3 Å². The first-order chi connectivity index (χ1) is 11.4. The molecule has 0 atom stereocenters. The van der Waals surface area contributed by atoms with Crippen molar-refractivity contribution in [1.82, 2.24) is 10.2 Å². The largest absolute Gasteiger partial charge is 0.362 e. The molecule has 2 N–H and O–H groups in total. The minimum atomic E-state index is -0.371. The molecular weight excluding hydrogens is 328 g/mol. The quantitative estimate of drug-likeness (QED) is 0.802. The molecule has 2 rings (SSSR count). The van der Waals surface area contributed by atoms with Crippen LogP contribution >= 0.6 is 11.3 Å². The van der Waals surface area contributed by atoms with Gasteiger partial charge in [0.25, 0.3) is 5.91 Å². The molecule has 7 nitrogen and oxygen atoms in total. The summed E-state index contributed by atoms with van der Waals surface area (Å²) in [6.07, 6.45) is 0. The summed E-state index contributed by atoms with van der Waals surface area (Å²) < 4.78 is 5.12. The molecule has 0 saturated carbocycles. The minimum Gasteiger partial charge on any atom is -0.362 e. The van der Waals surface area contributed by atoms with Gasteiger partial charge in [-0.15, -0.1) is 10.2 Å². The van der Waals surface area contributed by atoms with Gasteiger partial charge in [0.15, 0.2) is 0 Å². The topological polar surface area (TPSA) is 93.2 Å². The molecule has 0 bridgehead atoms. The minimum absolute atomic E-state index is 0.200. The monoisotopic (exact) mass is 348 g/mol. The van der Waals surface area contributed by atoms with Crippen LogP contribution in [0, 0.1) is 6.92 Å². The number of rotatable bonds is 7. The third kappa shape index (κ3) is 5.71. The van der Waals surface area contributed by atoms with E-state index in [4.69, 9.17) is 4.74 Å². The van der Waals surface area contributed by atoms with E-state index >= 15 is 0 Å². The summed E-state index contributed by atoms with van der Waals surface area (Å²) in [6, 6.07) is 7.44. The van der Waals surface area contributed by atoms with Gasteiger partial charge in [-0.05, 0) is 24.6 Å². The van der Waals surface area contributed by atoms with E-state index in [0.29, 0.717) is 10.8 Å². The molecule has 1 aromatic carbocycles. The molecule has 2 aromatic rings. The number of carbonyl (C=O) groups is 2. The molecule has 24 heavy (non-hydrogen) atoms. The lowest BCUT2D eigenvalue weighted by Crippen LogP contribution is -2.23. The van der Waals surface area contributed by atoms with E-state index in [1.54, 1.807) is 6.07 Å². The molecule has 2 amide bonds. The normalized spacial score (nSPS) is 10.7. The van der Waals surface area contributed by atoms with Crippen LogP contribution in [0.2, 0.25) is 0 Å². The molecule has 0 aliphatic heterocycles. The lowest BCUT2D eigenvalue weighted by molar-refractivity contribution is -0.125. The molecule has 1 aromatic heterocycles. The summed E-state index contributed by atoms with van der Waals surface area (Å²) >= 11 is 1.32. The van der Waals surface area contributed by atoms with Crippen molar-refractivity contribution in [2.45, 2.75) is 26.7 Å².